The third kappa shape index (κ3) is 5.16. The number of carbonyl (C=O) groups excluding carboxylic acids is 2. The summed E-state index contributed by atoms with van der Waals surface area (Å²) in [5.74, 6) is -8.21. The number of carbonyl (C=O) groups is 2. The molecule has 30 heavy (non-hydrogen) atoms. The van der Waals surface area contributed by atoms with E-state index in [2.05, 4.69) is 5.11 Å². The topological polar surface area (TPSA) is 72.8 Å². The largest absolute Gasteiger partial charge is 0.462 e. The van der Waals surface area contributed by atoms with E-state index >= 15 is 0 Å². The maximum absolute atomic E-state index is 13.2. The Bertz CT molecular complexity index is 1110. The molecule has 0 aromatic rings. The zero-order chi connectivity index (χ0) is 30.8. The van der Waals surface area contributed by atoms with Gasteiger partial charge in [-0.05, 0) is 62.8 Å². The number of ether oxygens (including phenoxy) is 2. The lowest BCUT2D eigenvalue weighted by Crippen LogP contribution is -2.43. The fourth-order valence-electron chi connectivity index (χ4n) is 3.95. The van der Waals surface area contributed by atoms with Gasteiger partial charge in [-0.3, -0.25) is 9.59 Å². The molecule has 3 rings (SSSR count). The van der Waals surface area contributed by atoms with Gasteiger partial charge >= 0.3 is 11.9 Å². The molecule has 1 aliphatic heterocycles. The third-order valence-corrected chi connectivity index (χ3v) is 6.22. The van der Waals surface area contributed by atoms with Crippen molar-refractivity contribution in [1.82, 2.24) is 0 Å². The molecule has 0 bridgehead atoms. The first-order valence-corrected chi connectivity index (χ1v) is 10.5. The Labute approximate surface area is 195 Å². The van der Waals surface area contributed by atoms with Gasteiger partial charge in [-0.1, -0.05) is 38.9 Å². The molecule has 0 aromatic carbocycles. The quantitative estimate of drug-likeness (QED) is 0.601. The van der Waals surface area contributed by atoms with Crippen LogP contribution in [0.2, 0.25) is 0 Å². The minimum atomic E-state index is -2.61. The Balaban J connectivity index is 2.11. The van der Waals surface area contributed by atoms with E-state index in [0.717, 1.165) is 0 Å². The molecule has 0 saturated carbocycles. The van der Waals surface area contributed by atoms with Crippen LogP contribution in [0.5, 0.6) is 0 Å². The van der Waals surface area contributed by atoms with Crippen LogP contribution in [-0.2, 0) is 19.1 Å². The summed E-state index contributed by atoms with van der Waals surface area (Å²) in [6, 6.07) is -1.44. The summed E-state index contributed by atoms with van der Waals surface area (Å²) >= 11 is 0. The second kappa shape index (κ2) is 9.25. The number of aliphatic hydroxyl groups is 1. The van der Waals surface area contributed by atoms with E-state index in [-0.39, 0.29) is 24.8 Å². The molecular weight excluding hydrogens is 380 g/mol. The van der Waals surface area contributed by atoms with Crippen LogP contribution in [0.3, 0.4) is 0 Å². The number of aliphatic hydroxyl groups excluding tert-OH is 1. The van der Waals surface area contributed by atoms with Crippen LogP contribution in [0.1, 0.15) is 85.4 Å². The molecular formula is C25H38O5. The Morgan fingerprint density at radius 2 is 2.23 bits per heavy atom. The molecule has 1 heterocycles. The van der Waals surface area contributed by atoms with Gasteiger partial charge in [-0.25, -0.2) is 0 Å². The molecule has 1 fully saturated rings. The molecule has 0 aromatic heterocycles. The minimum Gasteiger partial charge on any atom is -0.462 e. The number of esters is 2. The Morgan fingerprint density at radius 3 is 2.93 bits per heavy atom. The molecule has 5 heteroatoms. The zero-order valence-corrected chi connectivity index (χ0v) is 18.3. The molecule has 0 radical (unpaired) electrons. The normalized spacial score (nSPS) is 50.6. The molecule has 1 saturated heterocycles. The van der Waals surface area contributed by atoms with Gasteiger partial charge in [0.15, 0.2) is 0 Å². The van der Waals surface area contributed by atoms with Gasteiger partial charge in [0, 0.05) is 20.6 Å². The number of cyclic esters (lactones) is 1. The molecule has 7 atom stereocenters. The average Bonchev–Trinajstić information content (AvgIpc) is 2.85. The number of fused-ring (bicyclic) bond motifs is 1. The van der Waals surface area contributed by atoms with E-state index < -0.39 is 90.2 Å². The van der Waals surface area contributed by atoms with Crippen molar-refractivity contribution in [2.24, 2.45) is 29.0 Å². The van der Waals surface area contributed by atoms with Crippen molar-refractivity contribution >= 4 is 11.9 Å². The van der Waals surface area contributed by atoms with Crippen LogP contribution in [-0.4, -0.2) is 36.8 Å². The van der Waals surface area contributed by atoms with E-state index in [4.69, 9.17) is 23.2 Å². The summed E-state index contributed by atoms with van der Waals surface area (Å²) in [6.45, 7) is 7.58. The molecule has 168 valence electrons. The minimum absolute atomic E-state index is 0.0147. The van der Waals surface area contributed by atoms with E-state index in [9.17, 15) is 9.59 Å². The van der Waals surface area contributed by atoms with Crippen LogP contribution >= 0.6 is 0 Å². The van der Waals surface area contributed by atoms with E-state index in [1.165, 1.54) is 13.8 Å². The van der Waals surface area contributed by atoms with Gasteiger partial charge in [0.25, 0.3) is 0 Å². The third-order valence-electron chi connectivity index (χ3n) is 6.22. The first kappa shape index (κ1) is 13.0. The van der Waals surface area contributed by atoms with Crippen LogP contribution in [0.25, 0.3) is 0 Å². The lowest BCUT2D eigenvalue weighted by Gasteiger charge is -2.44. The SMILES string of the molecule is [2H]O[C@@H]1CC(CC[C@@H]2[C@@H]3C(=C([2H])[C@]([2H])(C)C([2H])([2H])C3OC(=O)C(C)(C)CC)C([2H])=C([2H])[C@]2([2H])C)OC(=O)C1([2H])[2H]. The summed E-state index contributed by atoms with van der Waals surface area (Å²) in [5.41, 5.74) is -1.13. The van der Waals surface area contributed by atoms with Crippen molar-refractivity contribution in [2.45, 2.75) is 91.4 Å². The maximum Gasteiger partial charge on any atom is 0.311 e. The van der Waals surface area contributed by atoms with Crippen molar-refractivity contribution in [3.05, 3.63) is 23.7 Å². The van der Waals surface area contributed by atoms with E-state index in [0.29, 0.717) is 6.42 Å². The van der Waals surface area contributed by atoms with Gasteiger partial charge < -0.3 is 14.6 Å². The number of rotatable bonds is 7. The predicted molar refractivity (Wildman–Crippen MR) is 115 cm³/mol. The first-order chi connectivity index (χ1) is 18.1. The van der Waals surface area contributed by atoms with Gasteiger partial charge in [0.1, 0.15) is 12.2 Å². The van der Waals surface area contributed by atoms with Crippen molar-refractivity contribution < 1.29 is 36.5 Å². The highest BCUT2D eigenvalue weighted by Gasteiger charge is 2.43. The van der Waals surface area contributed by atoms with Gasteiger partial charge in [-0.2, -0.15) is 0 Å². The summed E-state index contributed by atoms with van der Waals surface area (Å²) in [5, 5.41) is 4.44. The van der Waals surface area contributed by atoms with E-state index in [1.54, 1.807) is 20.8 Å². The first-order valence-electron chi connectivity index (χ1n) is 15.4. The van der Waals surface area contributed by atoms with Crippen molar-refractivity contribution in [3.8, 4) is 0 Å². The fourth-order valence-corrected chi connectivity index (χ4v) is 3.95. The van der Waals surface area contributed by atoms with E-state index in [1.807, 2.05) is 0 Å². The van der Waals surface area contributed by atoms with Crippen molar-refractivity contribution in [2.75, 3.05) is 0 Å². The Morgan fingerprint density at radius 1 is 1.47 bits per heavy atom. The van der Waals surface area contributed by atoms with Crippen molar-refractivity contribution in [3.63, 3.8) is 0 Å². The van der Waals surface area contributed by atoms with Crippen molar-refractivity contribution in [1.29, 1.82) is 1.43 Å². The molecule has 3 aliphatic rings. The van der Waals surface area contributed by atoms with Gasteiger partial charge in [0.2, 0.25) is 1.43 Å². The van der Waals surface area contributed by atoms with Crippen LogP contribution < -0.4 is 0 Å². The van der Waals surface area contributed by atoms with Crippen LogP contribution in [0.4, 0.5) is 0 Å². The summed E-state index contributed by atoms with van der Waals surface area (Å²) in [4.78, 5) is 25.5. The van der Waals surface area contributed by atoms with Gasteiger partial charge in [0.05, 0.1) is 22.0 Å². The fraction of sp³-hybridized carbons (Fsp3) is 0.760. The average molecular weight is 429 g/mol. The lowest BCUT2D eigenvalue weighted by atomic mass is 9.65. The number of hydrogen-bond acceptors (Lipinski definition) is 5. The summed E-state index contributed by atoms with van der Waals surface area (Å²) in [6.07, 6.45) is -8.88. The maximum atomic E-state index is 13.2. The van der Waals surface area contributed by atoms with Crippen LogP contribution in [0, 0.1) is 29.0 Å². The molecule has 0 amide bonds. The monoisotopic (exact) mass is 428 g/mol. The molecule has 2 aliphatic carbocycles. The number of hydrogen-bond donors (Lipinski definition) is 1. The molecule has 0 spiro atoms. The highest BCUT2D eigenvalue weighted by atomic mass is 16.6. The molecule has 1 N–H and O–H groups in total. The predicted octanol–water partition coefficient (Wildman–Crippen LogP) is 4.59. The highest BCUT2D eigenvalue weighted by Crippen LogP contribution is 2.45. The Hall–Kier alpha value is -1.62. The second-order valence-electron chi connectivity index (χ2n) is 8.91. The van der Waals surface area contributed by atoms with Gasteiger partial charge in [-0.15, -0.1) is 0 Å². The standard InChI is InChI=1S/C25H38O5/c1-6-25(4,5)24(28)30-21-12-15(2)11-17-8-7-16(3)20(23(17)21)10-9-19-13-18(26)14-22(27)29-19/h7-8,11,15-16,18-21,23,26H,6,9-10,12-14H2,1-5H3/t15-,16-,18+,19?,20-,21?,23-/m0/s1/i7D,8D,11D,12D2,14D2,15D,16D,26D. The number of allylic oxidation sites excluding steroid dienone is 3. The smallest absolute Gasteiger partial charge is 0.311 e. The highest BCUT2D eigenvalue weighted by molar-refractivity contribution is 5.76. The van der Waals surface area contributed by atoms with Crippen LogP contribution in [0.15, 0.2) is 23.7 Å². The molecule has 2 unspecified atom stereocenters. The summed E-state index contributed by atoms with van der Waals surface area (Å²) in [7, 11) is 0. The zero-order valence-electron chi connectivity index (χ0n) is 28.3. The Kier molecular flexibility index (Phi) is 4.02. The second-order valence-corrected chi connectivity index (χ2v) is 8.91. The lowest BCUT2D eigenvalue weighted by molar-refractivity contribution is -0.166. The molecule has 5 nitrogen and oxygen atoms in total. The summed E-state index contributed by atoms with van der Waals surface area (Å²) < 4.78 is 95.6.